The van der Waals surface area contributed by atoms with Gasteiger partial charge in [-0.1, -0.05) is 33.3 Å². The van der Waals surface area contributed by atoms with Gasteiger partial charge in [0, 0.05) is 0 Å². The van der Waals surface area contributed by atoms with Crippen LogP contribution in [0.25, 0.3) is 0 Å². The van der Waals surface area contributed by atoms with E-state index in [1.54, 1.807) is 18.4 Å². The van der Waals surface area contributed by atoms with Crippen molar-refractivity contribution in [2.75, 3.05) is 6.61 Å². The van der Waals surface area contributed by atoms with Crippen LogP contribution in [0.15, 0.2) is 36.1 Å². The van der Waals surface area contributed by atoms with Crippen LogP contribution in [0.1, 0.15) is 47.0 Å². The fourth-order valence-electron chi connectivity index (χ4n) is 1.75. The van der Waals surface area contributed by atoms with E-state index in [-0.39, 0.29) is 12.2 Å². The van der Waals surface area contributed by atoms with E-state index in [1.165, 1.54) is 0 Å². The molecular formula is C16H26F2O. The minimum absolute atomic E-state index is 0.0230. The molecule has 0 aromatic heterocycles. The number of ether oxygens (including phenoxy) is 1. The van der Waals surface area contributed by atoms with Crippen LogP contribution in [0.4, 0.5) is 8.78 Å². The van der Waals surface area contributed by atoms with Gasteiger partial charge in [0.2, 0.25) is 0 Å². The predicted octanol–water partition coefficient (Wildman–Crippen LogP) is 5.71. The highest BCUT2D eigenvalue weighted by Gasteiger charge is 2.13. The molecule has 0 rings (SSSR count). The first-order valence-electron chi connectivity index (χ1n) is 6.95. The number of hydrogen-bond donors (Lipinski definition) is 0. The molecule has 1 atom stereocenters. The van der Waals surface area contributed by atoms with Gasteiger partial charge in [-0.3, -0.25) is 0 Å². The lowest BCUT2D eigenvalue weighted by Gasteiger charge is -2.15. The van der Waals surface area contributed by atoms with Gasteiger partial charge in [-0.2, -0.15) is 0 Å². The van der Waals surface area contributed by atoms with Crippen molar-refractivity contribution in [3.63, 3.8) is 0 Å². The van der Waals surface area contributed by atoms with E-state index in [9.17, 15) is 8.78 Å². The molecule has 110 valence electrons. The number of hydrogen-bond acceptors (Lipinski definition) is 1. The van der Waals surface area contributed by atoms with Crippen molar-refractivity contribution in [3.8, 4) is 0 Å². The maximum absolute atomic E-state index is 13.5. The van der Waals surface area contributed by atoms with Gasteiger partial charge in [0.05, 0.1) is 12.9 Å². The summed E-state index contributed by atoms with van der Waals surface area (Å²) in [6.45, 7) is 8.69. The second-order valence-corrected chi connectivity index (χ2v) is 5.05. The molecule has 0 fully saturated rings. The summed E-state index contributed by atoms with van der Waals surface area (Å²) in [5.41, 5.74) is 0.448. The lowest BCUT2D eigenvalue weighted by atomic mass is 9.91. The van der Waals surface area contributed by atoms with Crippen LogP contribution in [-0.2, 0) is 4.74 Å². The summed E-state index contributed by atoms with van der Waals surface area (Å²) in [5.74, 6) is -0.171. The van der Waals surface area contributed by atoms with Crippen molar-refractivity contribution >= 4 is 0 Å². The van der Waals surface area contributed by atoms with Crippen molar-refractivity contribution in [2.45, 2.75) is 47.0 Å². The summed E-state index contributed by atoms with van der Waals surface area (Å²) in [6, 6.07) is 0. The molecule has 3 heteroatoms. The van der Waals surface area contributed by atoms with Gasteiger partial charge in [0.25, 0.3) is 0 Å². The van der Waals surface area contributed by atoms with E-state index in [4.69, 9.17) is 4.74 Å². The molecule has 0 heterocycles. The van der Waals surface area contributed by atoms with Crippen molar-refractivity contribution < 1.29 is 13.5 Å². The maximum Gasteiger partial charge on any atom is 0.154 e. The topological polar surface area (TPSA) is 9.23 Å². The Morgan fingerprint density at radius 2 is 1.89 bits per heavy atom. The van der Waals surface area contributed by atoms with Crippen LogP contribution in [-0.4, -0.2) is 6.61 Å². The average Bonchev–Trinajstić information content (AvgIpc) is 2.39. The summed E-state index contributed by atoms with van der Waals surface area (Å²) in [6.07, 6.45) is 7.57. The van der Waals surface area contributed by atoms with Crippen LogP contribution in [0, 0.1) is 11.8 Å². The third-order valence-electron chi connectivity index (χ3n) is 2.91. The van der Waals surface area contributed by atoms with E-state index in [0.29, 0.717) is 24.5 Å². The first-order chi connectivity index (χ1) is 9.02. The molecular weight excluding hydrogens is 246 g/mol. The SMILES string of the molecule is CCO/C=C/C/C=C(\C(F)=C\F)C(C)CCC(C)C. The van der Waals surface area contributed by atoms with E-state index in [1.807, 2.05) is 13.8 Å². The molecule has 0 N–H and O–H groups in total. The van der Waals surface area contributed by atoms with Crippen molar-refractivity contribution in [1.82, 2.24) is 0 Å². The molecule has 0 bridgehead atoms. The molecule has 1 unspecified atom stereocenters. The lowest BCUT2D eigenvalue weighted by molar-refractivity contribution is 0.268. The minimum Gasteiger partial charge on any atom is -0.502 e. The minimum atomic E-state index is -0.763. The Hall–Kier alpha value is -1.12. The zero-order valence-electron chi connectivity index (χ0n) is 12.5. The molecule has 0 aromatic rings. The van der Waals surface area contributed by atoms with Crippen molar-refractivity contribution in [1.29, 1.82) is 0 Å². The molecule has 0 amide bonds. The molecule has 0 saturated heterocycles. The first-order valence-corrected chi connectivity index (χ1v) is 6.95. The van der Waals surface area contributed by atoms with Gasteiger partial charge in [-0.05, 0) is 43.3 Å². The zero-order valence-corrected chi connectivity index (χ0v) is 12.5. The van der Waals surface area contributed by atoms with Crippen LogP contribution >= 0.6 is 0 Å². The molecule has 0 aliphatic carbocycles. The molecule has 0 aliphatic heterocycles. The van der Waals surface area contributed by atoms with Crippen LogP contribution in [0.5, 0.6) is 0 Å². The largest absolute Gasteiger partial charge is 0.502 e. The average molecular weight is 272 g/mol. The van der Waals surface area contributed by atoms with Gasteiger partial charge in [0.15, 0.2) is 5.83 Å². The molecule has 0 radical (unpaired) electrons. The Labute approximate surface area is 116 Å². The van der Waals surface area contributed by atoms with Gasteiger partial charge >= 0.3 is 0 Å². The highest BCUT2D eigenvalue weighted by atomic mass is 19.2. The van der Waals surface area contributed by atoms with E-state index >= 15 is 0 Å². The van der Waals surface area contributed by atoms with Gasteiger partial charge in [0.1, 0.15) is 6.33 Å². The second kappa shape index (κ2) is 10.8. The normalized spacial score (nSPS) is 15.3. The maximum atomic E-state index is 13.5. The third kappa shape index (κ3) is 8.57. The zero-order chi connectivity index (χ0) is 14.7. The second-order valence-electron chi connectivity index (χ2n) is 5.05. The summed E-state index contributed by atoms with van der Waals surface area (Å²) in [7, 11) is 0. The van der Waals surface area contributed by atoms with E-state index in [2.05, 4.69) is 13.8 Å². The van der Waals surface area contributed by atoms with Gasteiger partial charge in [-0.15, -0.1) is 0 Å². The first kappa shape index (κ1) is 17.9. The Morgan fingerprint density at radius 1 is 1.21 bits per heavy atom. The smallest absolute Gasteiger partial charge is 0.154 e. The lowest BCUT2D eigenvalue weighted by Crippen LogP contribution is -2.02. The standard InChI is InChI=1S/C16H26F2O/c1-5-19-11-7-6-8-15(16(18)12-17)14(4)10-9-13(2)3/h7-8,11-14H,5-6,9-10H2,1-4H3/b11-7+,15-8-,16-12-. The van der Waals surface area contributed by atoms with Crippen LogP contribution in [0.3, 0.4) is 0 Å². The third-order valence-corrected chi connectivity index (χ3v) is 2.91. The van der Waals surface area contributed by atoms with Gasteiger partial charge in [-0.25, -0.2) is 8.78 Å². The number of allylic oxidation sites excluding steroid dienone is 4. The molecule has 1 nitrogen and oxygen atoms in total. The molecule has 0 aliphatic rings. The highest BCUT2D eigenvalue weighted by molar-refractivity contribution is 5.26. The summed E-state index contributed by atoms with van der Waals surface area (Å²) < 4.78 is 31.0. The van der Waals surface area contributed by atoms with Crippen LogP contribution in [0.2, 0.25) is 0 Å². The Balaban J connectivity index is 4.57. The molecule has 0 spiro atoms. The van der Waals surface area contributed by atoms with Crippen molar-refractivity contribution in [3.05, 3.63) is 36.1 Å². The fraction of sp³-hybridized carbons (Fsp3) is 0.625. The Kier molecular flexibility index (Phi) is 10.1. The highest BCUT2D eigenvalue weighted by Crippen LogP contribution is 2.27. The van der Waals surface area contributed by atoms with Crippen LogP contribution < -0.4 is 0 Å². The monoisotopic (exact) mass is 272 g/mol. The Bertz CT molecular complexity index is 317. The van der Waals surface area contributed by atoms with E-state index < -0.39 is 5.83 Å². The molecule has 0 aromatic carbocycles. The molecule has 19 heavy (non-hydrogen) atoms. The Morgan fingerprint density at radius 3 is 2.42 bits per heavy atom. The summed E-state index contributed by atoms with van der Waals surface area (Å²) >= 11 is 0. The summed E-state index contributed by atoms with van der Waals surface area (Å²) in [4.78, 5) is 0. The van der Waals surface area contributed by atoms with Crippen molar-refractivity contribution in [2.24, 2.45) is 11.8 Å². The fourth-order valence-corrected chi connectivity index (χ4v) is 1.75. The summed E-state index contributed by atoms with van der Waals surface area (Å²) in [5, 5.41) is 0. The quantitative estimate of drug-likeness (QED) is 0.386. The van der Waals surface area contributed by atoms with E-state index in [0.717, 1.165) is 12.8 Å². The number of rotatable bonds is 9. The van der Waals surface area contributed by atoms with Gasteiger partial charge < -0.3 is 4.74 Å². The number of halogens is 2. The molecule has 0 saturated carbocycles. The predicted molar refractivity (Wildman–Crippen MR) is 77.0 cm³/mol.